The van der Waals surface area contributed by atoms with Crippen LogP contribution in [0.4, 0.5) is 0 Å². The van der Waals surface area contributed by atoms with E-state index in [4.69, 9.17) is 9.47 Å². The fourth-order valence-corrected chi connectivity index (χ4v) is 3.12. The first-order valence-electron chi connectivity index (χ1n) is 7.21. The Balaban J connectivity index is 2.16. The maximum atomic E-state index is 9.19. The number of methoxy groups -OCH3 is 2. The number of benzene rings is 2. The van der Waals surface area contributed by atoms with Gasteiger partial charge >= 0.3 is 0 Å². The molecule has 0 aliphatic heterocycles. The van der Waals surface area contributed by atoms with E-state index < -0.39 is 0 Å². The lowest BCUT2D eigenvalue weighted by atomic mass is 10.1. The molecule has 120 valence electrons. The molecule has 0 spiro atoms. The van der Waals surface area contributed by atoms with E-state index in [1.54, 1.807) is 14.2 Å². The minimum absolute atomic E-state index is 0.566. The molecule has 0 fully saturated rings. The lowest BCUT2D eigenvalue weighted by Gasteiger charge is -2.15. The molecule has 0 aromatic heterocycles. The van der Waals surface area contributed by atoms with Gasteiger partial charge in [0.25, 0.3) is 0 Å². The molecular weight excluding hydrogens is 308 g/mol. The minimum atomic E-state index is 0.566. The molecular formula is C18H20N2O2S. The summed E-state index contributed by atoms with van der Waals surface area (Å²) in [6.45, 7) is 4.58. The van der Waals surface area contributed by atoms with Crippen molar-refractivity contribution in [2.24, 2.45) is 0 Å². The second-order valence-corrected chi connectivity index (χ2v) is 6.12. The molecule has 0 atom stereocenters. The van der Waals surface area contributed by atoms with Crippen molar-refractivity contribution in [3.8, 4) is 17.6 Å². The fraction of sp³-hybridized carbons (Fsp3) is 0.278. The summed E-state index contributed by atoms with van der Waals surface area (Å²) >= 11 is 1.44. The van der Waals surface area contributed by atoms with E-state index in [1.807, 2.05) is 44.2 Å². The smallest absolute Gasteiger partial charge is 0.127 e. The summed E-state index contributed by atoms with van der Waals surface area (Å²) in [5, 5.41) is 9.19. The third kappa shape index (κ3) is 4.19. The van der Waals surface area contributed by atoms with Crippen molar-refractivity contribution >= 4 is 11.9 Å². The predicted octanol–water partition coefficient (Wildman–Crippen LogP) is 3.99. The zero-order chi connectivity index (χ0) is 16.8. The Labute approximate surface area is 141 Å². The van der Waals surface area contributed by atoms with Crippen LogP contribution >= 0.6 is 11.9 Å². The third-order valence-corrected chi connectivity index (χ3v) is 4.29. The predicted molar refractivity (Wildman–Crippen MR) is 92.9 cm³/mol. The van der Waals surface area contributed by atoms with Gasteiger partial charge < -0.3 is 9.47 Å². The first kappa shape index (κ1) is 17.2. The highest BCUT2D eigenvalue weighted by Crippen LogP contribution is 2.31. The SMILES string of the molecule is COc1cc(C)cc(OC)c1CNSc1cc(C)ccc1C#N. The number of rotatable bonds is 6. The molecule has 5 heteroatoms. The zero-order valence-corrected chi connectivity index (χ0v) is 14.6. The van der Waals surface area contributed by atoms with Crippen molar-refractivity contribution in [2.75, 3.05) is 14.2 Å². The Bertz CT molecular complexity index is 713. The average molecular weight is 328 g/mol. The van der Waals surface area contributed by atoms with Crippen LogP contribution in [0.15, 0.2) is 35.2 Å². The summed E-state index contributed by atoms with van der Waals surface area (Å²) < 4.78 is 14.2. The molecule has 0 unspecified atom stereocenters. The summed E-state index contributed by atoms with van der Waals surface area (Å²) in [5.74, 6) is 1.58. The molecule has 0 amide bonds. The van der Waals surface area contributed by atoms with Gasteiger partial charge in [-0.15, -0.1) is 0 Å². The molecule has 0 aliphatic rings. The van der Waals surface area contributed by atoms with Gasteiger partial charge in [0.05, 0.1) is 25.3 Å². The number of hydrogen-bond acceptors (Lipinski definition) is 5. The number of nitrogens with zero attached hydrogens (tertiary/aromatic N) is 1. The van der Waals surface area contributed by atoms with Gasteiger partial charge in [-0.3, -0.25) is 4.72 Å². The maximum Gasteiger partial charge on any atom is 0.127 e. The molecule has 0 heterocycles. The van der Waals surface area contributed by atoms with Crippen LogP contribution in [0.25, 0.3) is 0 Å². The van der Waals surface area contributed by atoms with E-state index in [9.17, 15) is 5.26 Å². The highest BCUT2D eigenvalue weighted by atomic mass is 32.2. The Morgan fingerprint density at radius 3 is 2.26 bits per heavy atom. The highest BCUT2D eigenvalue weighted by molar-refractivity contribution is 7.97. The molecule has 0 saturated heterocycles. The van der Waals surface area contributed by atoms with Crippen LogP contribution in [-0.2, 0) is 6.54 Å². The van der Waals surface area contributed by atoms with Gasteiger partial charge in [-0.1, -0.05) is 6.07 Å². The van der Waals surface area contributed by atoms with Crippen LogP contribution in [-0.4, -0.2) is 14.2 Å². The molecule has 0 bridgehead atoms. The molecule has 2 aromatic rings. The Kier molecular flexibility index (Phi) is 5.91. The van der Waals surface area contributed by atoms with Gasteiger partial charge in [0.1, 0.15) is 17.6 Å². The number of nitrogens with one attached hydrogen (secondary N) is 1. The van der Waals surface area contributed by atoms with Gasteiger partial charge in [0.2, 0.25) is 0 Å². The highest BCUT2D eigenvalue weighted by Gasteiger charge is 2.12. The van der Waals surface area contributed by atoms with Crippen LogP contribution in [0.1, 0.15) is 22.3 Å². The van der Waals surface area contributed by atoms with E-state index in [2.05, 4.69) is 10.8 Å². The Morgan fingerprint density at radius 1 is 1.04 bits per heavy atom. The number of ether oxygens (including phenoxy) is 2. The average Bonchev–Trinajstić information content (AvgIpc) is 2.55. The normalized spacial score (nSPS) is 10.2. The van der Waals surface area contributed by atoms with E-state index in [0.717, 1.165) is 33.1 Å². The first-order valence-corrected chi connectivity index (χ1v) is 8.02. The van der Waals surface area contributed by atoms with Gasteiger partial charge in [-0.25, -0.2) is 0 Å². The van der Waals surface area contributed by atoms with Crippen molar-refractivity contribution in [3.05, 3.63) is 52.6 Å². The maximum absolute atomic E-state index is 9.19. The summed E-state index contributed by atoms with van der Waals surface area (Å²) in [5.41, 5.74) is 3.83. The third-order valence-electron chi connectivity index (χ3n) is 3.44. The molecule has 1 N–H and O–H groups in total. The molecule has 0 saturated carbocycles. The van der Waals surface area contributed by atoms with E-state index >= 15 is 0 Å². The number of aryl methyl sites for hydroxylation is 2. The Morgan fingerprint density at radius 2 is 1.70 bits per heavy atom. The van der Waals surface area contributed by atoms with Gasteiger partial charge in [-0.2, -0.15) is 5.26 Å². The molecule has 0 radical (unpaired) electrons. The van der Waals surface area contributed by atoms with Crippen LogP contribution < -0.4 is 14.2 Å². The van der Waals surface area contributed by atoms with E-state index in [1.165, 1.54) is 11.9 Å². The van der Waals surface area contributed by atoms with E-state index in [0.29, 0.717) is 12.1 Å². The molecule has 0 aliphatic carbocycles. The van der Waals surface area contributed by atoms with E-state index in [-0.39, 0.29) is 0 Å². The topological polar surface area (TPSA) is 54.3 Å². The summed E-state index contributed by atoms with van der Waals surface area (Å²) in [7, 11) is 3.30. The van der Waals surface area contributed by atoms with Crippen molar-refractivity contribution in [1.29, 1.82) is 5.26 Å². The van der Waals surface area contributed by atoms with Gasteiger partial charge in [0, 0.05) is 11.4 Å². The summed E-state index contributed by atoms with van der Waals surface area (Å²) in [6.07, 6.45) is 0. The van der Waals surface area contributed by atoms with Crippen molar-refractivity contribution in [1.82, 2.24) is 4.72 Å². The fourth-order valence-electron chi connectivity index (χ4n) is 2.28. The number of hydrogen-bond donors (Lipinski definition) is 1. The Hall–Kier alpha value is -2.16. The van der Waals surface area contributed by atoms with Crippen LogP contribution in [0, 0.1) is 25.2 Å². The lowest BCUT2D eigenvalue weighted by molar-refractivity contribution is 0.384. The van der Waals surface area contributed by atoms with Crippen molar-refractivity contribution in [3.63, 3.8) is 0 Å². The largest absolute Gasteiger partial charge is 0.496 e. The van der Waals surface area contributed by atoms with Crippen LogP contribution in [0.2, 0.25) is 0 Å². The first-order chi connectivity index (χ1) is 11.1. The second-order valence-electron chi connectivity index (χ2n) is 5.18. The van der Waals surface area contributed by atoms with Crippen molar-refractivity contribution < 1.29 is 9.47 Å². The standard InChI is InChI=1S/C18H20N2O2S/c1-12-5-6-14(10-19)18(9-12)23-20-11-15-16(21-3)7-13(2)8-17(15)22-4/h5-9,20H,11H2,1-4H3. The van der Waals surface area contributed by atoms with Crippen LogP contribution in [0.5, 0.6) is 11.5 Å². The lowest BCUT2D eigenvalue weighted by Crippen LogP contribution is -2.07. The van der Waals surface area contributed by atoms with Crippen molar-refractivity contribution in [2.45, 2.75) is 25.3 Å². The molecule has 2 rings (SSSR count). The summed E-state index contributed by atoms with van der Waals surface area (Å²) in [4.78, 5) is 0.914. The molecule has 2 aromatic carbocycles. The van der Waals surface area contributed by atoms with Gasteiger partial charge in [-0.05, 0) is 61.2 Å². The molecule has 4 nitrogen and oxygen atoms in total. The van der Waals surface area contributed by atoms with Crippen LogP contribution in [0.3, 0.4) is 0 Å². The number of nitriles is 1. The monoisotopic (exact) mass is 328 g/mol. The molecule has 23 heavy (non-hydrogen) atoms. The van der Waals surface area contributed by atoms with Gasteiger partial charge in [0.15, 0.2) is 0 Å². The zero-order valence-electron chi connectivity index (χ0n) is 13.8. The summed E-state index contributed by atoms with van der Waals surface area (Å²) in [6, 6.07) is 12.0. The minimum Gasteiger partial charge on any atom is -0.496 e. The second kappa shape index (κ2) is 7.91. The quantitative estimate of drug-likeness (QED) is 0.813.